The molecule has 1 aliphatic rings. The molecule has 116 valence electrons. The van der Waals surface area contributed by atoms with Crippen LogP contribution in [0.1, 0.15) is 0 Å². The van der Waals surface area contributed by atoms with Crippen LogP contribution < -0.4 is 4.74 Å². The maximum Gasteiger partial charge on any atom is 0.260 e. The number of amides is 1. The molecule has 1 aromatic carbocycles. The van der Waals surface area contributed by atoms with E-state index < -0.39 is 0 Å². The third kappa shape index (κ3) is 3.46. The number of carbonyl (C=O) groups is 1. The number of carbonyl (C=O) groups excluding carboxylic acids is 1. The molecule has 0 N–H and O–H groups in total. The van der Waals surface area contributed by atoms with Gasteiger partial charge in [0.1, 0.15) is 5.75 Å². The van der Waals surface area contributed by atoms with Crippen molar-refractivity contribution in [3.05, 3.63) is 36.7 Å². The quantitative estimate of drug-likeness (QED) is 0.855. The van der Waals surface area contributed by atoms with Crippen LogP contribution in [0.15, 0.2) is 36.7 Å². The summed E-state index contributed by atoms with van der Waals surface area (Å²) in [7, 11) is 1.89. The Morgan fingerprint density at radius 1 is 1.23 bits per heavy atom. The molecular formula is C16H19N3O3. The van der Waals surface area contributed by atoms with Crippen molar-refractivity contribution >= 4 is 5.91 Å². The van der Waals surface area contributed by atoms with Gasteiger partial charge in [-0.2, -0.15) is 5.10 Å². The zero-order valence-electron chi connectivity index (χ0n) is 12.6. The highest BCUT2D eigenvalue weighted by atomic mass is 16.5. The molecule has 1 fully saturated rings. The normalized spacial score (nSPS) is 14.9. The molecule has 2 heterocycles. The average Bonchev–Trinajstić information content (AvgIpc) is 3.00. The van der Waals surface area contributed by atoms with E-state index in [4.69, 9.17) is 9.47 Å². The zero-order chi connectivity index (χ0) is 15.4. The van der Waals surface area contributed by atoms with Crippen LogP contribution in [0.2, 0.25) is 0 Å². The van der Waals surface area contributed by atoms with Crippen LogP contribution in [-0.2, 0) is 16.6 Å². The van der Waals surface area contributed by atoms with Crippen molar-refractivity contribution in [2.24, 2.45) is 7.05 Å². The molecular weight excluding hydrogens is 282 g/mol. The van der Waals surface area contributed by atoms with E-state index in [0.29, 0.717) is 32.1 Å². The summed E-state index contributed by atoms with van der Waals surface area (Å²) in [6.07, 6.45) is 3.77. The Hall–Kier alpha value is -2.34. The minimum absolute atomic E-state index is 0.000337. The van der Waals surface area contributed by atoms with Crippen molar-refractivity contribution < 1.29 is 14.3 Å². The molecule has 0 unspecified atom stereocenters. The largest absolute Gasteiger partial charge is 0.484 e. The van der Waals surface area contributed by atoms with Gasteiger partial charge in [-0.1, -0.05) is 12.1 Å². The van der Waals surface area contributed by atoms with E-state index in [1.165, 1.54) is 0 Å². The molecule has 2 aromatic rings. The minimum Gasteiger partial charge on any atom is -0.484 e. The Morgan fingerprint density at radius 2 is 1.95 bits per heavy atom. The van der Waals surface area contributed by atoms with Crippen LogP contribution in [0.3, 0.4) is 0 Å². The molecule has 0 saturated carbocycles. The maximum absolute atomic E-state index is 12.0. The number of nitrogens with zero attached hydrogens (tertiary/aromatic N) is 3. The van der Waals surface area contributed by atoms with Crippen molar-refractivity contribution in [3.63, 3.8) is 0 Å². The molecule has 22 heavy (non-hydrogen) atoms. The van der Waals surface area contributed by atoms with Gasteiger partial charge in [-0.05, 0) is 17.7 Å². The molecule has 1 aliphatic heterocycles. The topological polar surface area (TPSA) is 56.6 Å². The van der Waals surface area contributed by atoms with Crippen LogP contribution in [0.25, 0.3) is 11.1 Å². The molecule has 1 aromatic heterocycles. The smallest absolute Gasteiger partial charge is 0.260 e. The lowest BCUT2D eigenvalue weighted by Crippen LogP contribution is -2.42. The second-order valence-electron chi connectivity index (χ2n) is 5.21. The Balaban J connectivity index is 1.56. The number of benzene rings is 1. The summed E-state index contributed by atoms with van der Waals surface area (Å²) >= 11 is 0. The molecule has 0 bridgehead atoms. The van der Waals surface area contributed by atoms with Crippen molar-refractivity contribution in [1.29, 1.82) is 0 Å². The first kappa shape index (κ1) is 14.6. The molecule has 0 aliphatic carbocycles. The number of aromatic nitrogens is 2. The van der Waals surface area contributed by atoms with Crippen LogP contribution in [-0.4, -0.2) is 53.5 Å². The van der Waals surface area contributed by atoms with Gasteiger partial charge in [-0.25, -0.2) is 0 Å². The zero-order valence-corrected chi connectivity index (χ0v) is 12.6. The molecule has 0 spiro atoms. The third-order valence-electron chi connectivity index (χ3n) is 3.62. The molecule has 6 nitrogen and oxygen atoms in total. The van der Waals surface area contributed by atoms with Gasteiger partial charge in [0.25, 0.3) is 5.91 Å². The average molecular weight is 301 g/mol. The van der Waals surface area contributed by atoms with E-state index in [0.717, 1.165) is 11.1 Å². The van der Waals surface area contributed by atoms with E-state index >= 15 is 0 Å². The summed E-state index contributed by atoms with van der Waals surface area (Å²) in [5.41, 5.74) is 2.12. The maximum atomic E-state index is 12.0. The summed E-state index contributed by atoms with van der Waals surface area (Å²) in [6.45, 7) is 2.55. The predicted molar refractivity (Wildman–Crippen MR) is 81.5 cm³/mol. The minimum atomic E-state index is -0.000337. The van der Waals surface area contributed by atoms with Crippen molar-refractivity contribution in [3.8, 4) is 16.9 Å². The first-order valence-electron chi connectivity index (χ1n) is 7.30. The SMILES string of the molecule is Cn1cc(-c2ccc(OCC(=O)N3CCOCC3)cc2)cn1. The highest BCUT2D eigenvalue weighted by molar-refractivity contribution is 5.77. The van der Waals surface area contributed by atoms with Crippen LogP contribution in [0.5, 0.6) is 5.75 Å². The standard InChI is InChI=1S/C16H19N3O3/c1-18-11-14(10-17-18)13-2-4-15(5-3-13)22-12-16(20)19-6-8-21-9-7-19/h2-5,10-11H,6-9,12H2,1H3. The lowest BCUT2D eigenvalue weighted by molar-refractivity contribution is -0.137. The van der Waals surface area contributed by atoms with Crippen molar-refractivity contribution in [2.75, 3.05) is 32.9 Å². The molecule has 0 atom stereocenters. The molecule has 3 rings (SSSR count). The number of hydrogen-bond donors (Lipinski definition) is 0. The number of hydrogen-bond acceptors (Lipinski definition) is 4. The van der Waals surface area contributed by atoms with Gasteiger partial charge in [-0.15, -0.1) is 0 Å². The summed E-state index contributed by atoms with van der Waals surface area (Å²) in [5.74, 6) is 0.689. The highest BCUT2D eigenvalue weighted by Crippen LogP contribution is 2.21. The first-order valence-corrected chi connectivity index (χ1v) is 7.30. The highest BCUT2D eigenvalue weighted by Gasteiger charge is 2.17. The number of morpholine rings is 1. The Bertz CT molecular complexity index is 630. The van der Waals surface area contributed by atoms with E-state index in [-0.39, 0.29) is 12.5 Å². The molecule has 6 heteroatoms. The van der Waals surface area contributed by atoms with E-state index in [9.17, 15) is 4.79 Å². The summed E-state index contributed by atoms with van der Waals surface area (Å²) in [4.78, 5) is 13.8. The Kier molecular flexibility index (Phi) is 4.39. The molecule has 1 amide bonds. The lowest BCUT2D eigenvalue weighted by atomic mass is 10.1. The third-order valence-corrected chi connectivity index (χ3v) is 3.62. The number of ether oxygens (including phenoxy) is 2. The van der Waals surface area contributed by atoms with Gasteiger partial charge in [0.05, 0.1) is 19.4 Å². The first-order chi connectivity index (χ1) is 10.7. The summed E-state index contributed by atoms with van der Waals surface area (Å²) < 4.78 is 12.6. The Morgan fingerprint density at radius 3 is 2.59 bits per heavy atom. The summed E-state index contributed by atoms with van der Waals surface area (Å²) in [6, 6.07) is 7.67. The van der Waals surface area contributed by atoms with Gasteiger partial charge < -0.3 is 14.4 Å². The van der Waals surface area contributed by atoms with Crippen LogP contribution >= 0.6 is 0 Å². The van der Waals surface area contributed by atoms with E-state index in [1.54, 1.807) is 9.58 Å². The monoisotopic (exact) mass is 301 g/mol. The second-order valence-corrected chi connectivity index (χ2v) is 5.21. The Labute approximate surface area is 129 Å². The fourth-order valence-corrected chi connectivity index (χ4v) is 2.36. The van der Waals surface area contributed by atoms with Crippen LogP contribution in [0.4, 0.5) is 0 Å². The fourth-order valence-electron chi connectivity index (χ4n) is 2.36. The van der Waals surface area contributed by atoms with Gasteiger partial charge >= 0.3 is 0 Å². The van der Waals surface area contributed by atoms with Gasteiger partial charge in [0, 0.05) is 31.9 Å². The van der Waals surface area contributed by atoms with Gasteiger partial charge in [0.2, 0.25) is 0 Å². The van der Waals surface area contributed by atoms with Crippen LogP contribution in [0, 0.1) is 0 Å². The van der Waals surface area contributed by atoms with Crippen molar-refractivity contribution in [1.82, 2.24) is 14.7 Å². The van der Waals surface area contributed by atoms with E-state index in [2.05, 4.69) is 5.10 Å². The second kappa shape index (κ2) is 6.62. The molecule has 0 radical (unpaired) electrons. The predicted octanol–water partition coefficient (Wildman–Crippen LogP) is 1.32. The van der Waals surface area contributed by atoms with Crippen molar-refractivity contribution in [2.45, 2.75) is 0 Å². The number of aryl methyl sites for hydroxylation is 1. The molecule has 1 saturated heterocycles. The summed E-state index contributed by atoms with van der Waals surface area (Å²) in [5, 5.41) is 4.15. The number of rotatable bonds is 4. The van der Waals surface area contributed by atoms with Gasteiger partial charge in [0.15, 0.2) is 6.61 Å². The lowest BCUT2D eigenvalue weighted by Gasteiger charge is -2.26. The fraction of sp³-hybridized carbons (Fsp3) is 0.375. The van der Waals surface area contributed by atoms with Gasteiger partial charge in [-0.3, -0.25) is 9.48 Å². The van der Waals surface area contributed by atoms with E-state index in [1.807, 2.05) is 43.7 Å².